The maximum Gasteiger partial charge on any atom is 0.305 e. The first-order valence-electron chi connectivity index (χ1n) is 7.48. The molecule has 0 unspecified atom stereocenters. The third kappa shape index (κ3) is 2.59. The fourth-order valence-electron chi connectivity index (χ4n) is 3.82. The molecule has 0 heterocycles. The van der Waals surface area contributed by atoms with Gasteiger partial charge in [-0.3, -0.25) is 14.4 Å². The van der Waals surface area contributed by atoms with Gasteiger partial charge in [-0.15, -0.1) is 0 Å². The van der Waals surface area contributed by atoms with Crippen LogP contribution < -0.4 is 4.74 Å². The standard InChI is InChI=1S/C17H17BrO5/c1-22-12-4-3-10(18)14-9-5-8(7-13(20)23-2)6-11(19)15(9)17(21)16(12)14/h3-4,8-9,15H,5-7H2,1-2H3/t8-,9+,15+/m1/s1. The zero-order valence-corrected chi connectivity index (χ0v) is 14.5. The van der Waals surface area contributed by atoms with Crippen LogP contribution in [0.15, 0.2) is 16.6 Å². The second-order valence-electron chi connectivity index (χ2n) is 6.04. The van der Waals surface area contributed by atoms with E-state index in [0.717, 1.165) is 10.0 Å². The quantitative estimate of drug-likeness (QED) is 0.595. The minimum Gasteiger partial charge on any atom is -0.496 e. The van der Waals surface area contributed by atoms with Gasteiger partial charge in [-0.25, -0.2) is 0 Å². The number of carbonyl (C=O) groups is 3. The first kappa shape index (κ1) is 16.2. The molecule has 1 fully saturated rings. The van der Waals surface area contributed by atoms with Crippen molar-refractivity contribution in [1.82, 2.24) is 0 Å². The van der Waals surface area contributed by atoms with Crippen LogP contribution in [-0.4, -0.2) is 31.8 Å². The van der Waals surface area contributed by atoms with E-state index in [1.54, 1.807) is 6.07 Å². The van der Waals surface area contributed by atoms with E-state index in [-0.39, 0.29) is 42.2 Å². The number of ether oxygens (including phenoxy) is 2. The number of ketones is 2. The molecule has 0 bridgehead atoms. The van der Waals surface area contributed by atoms with Gasteiger partial charge in [0.2, 0.25) is 0 Å². The Morgan fingerprint density at radius 3 is 2.70 bits per heavy atom. The van der Waals surface area contributed by atoms with Gasteiger partial charge in [0, 0.05) is 23.2 Å². The van der Waals surface area contributed by atoms with Crippen LogP contribution >= 0.6 is 15.9 Å². The van der Waals surface area contributed by atoms with Crippen LogP contribution in [0.25, 0.3) is 0 Å². The summed E-state index contributed by atoms with van der Waals surface area (Å²) in [4.78, 5) is 36.8. The third-order valence-electron chi connectivity index (χ3n) is 4.78. The van der Waals surface area contributed by atoms with E-state index >= 15 is 0 Å². The number of rotatable bonds is 3. The molecular formula is C17H17BrO5. The van der Waals surface area contributed by atoms with Gasteiger partial charge in [0.05, 0.1) is 25.7 Å². The van der Waals surface area contributed by atoms with Gasteiger partial charge in [0.1, 0.15) is 11.5 Å². The van der Waals surface area contributed by atoms with E-state index in [4.69, 9.17) is 9.47 Å². The average molecular weight is 381 g/mol. The van der Waals surface area contributed by atoms with Gasteiger partial charge in [-0.2, -0.15) is 0 Å². The maximum absolute atomic E-state index is 12.7. The smallest absolute Gasteiger partial charge is 0.305 e. The molecule has 0 N–H and O–H groups in total. The predicted octanol–water partition coefficient (Wildman–Crippen LogP) is 2.90. The van der Waals surface area contributed by atoms with Gasteiger partial charge in [0.25, 0.3) is 0 Å². The summed E-state index contributed by atoms with van der Waals surface area (Å²) >= 11 is 3.49. The summed E-state index contributed by atoms with van der Waals surface area (Å²) < 4.78 is 10.8. The van der Waals surface area contributed by atoms with Gasteiger partial charge >= 0.3 is 5.97 Å². The van der Waals surface area contributed by atoms with Crippen molar-refractivity contribution in [2.75, 3.05) is 14.2 Å². The number of esters is 1. The molecule has 0 saturated heterocycles. The van der Waals surface area contributed by atoms with E-state index in [2.05, 4.69) is 15.9 Å². The van der Waals surface area contributed by atoms with Crippen LogP contribution in [0.4, 0.5) is 0 Å². The van der Waals surface area contributed by atoms with E-state index in [0.29, 0.717) is 17.7 Å². The van der Waals surface area contributed by atoms with Gasteiger partial charge in [0.15, 0.2) is 5.78 Å². The lowest BCUT2D eigenvalue weighted by Gasteiger charge is -2.30. The molecule has 23 heavy (non-hydrogen) atoms. The number of hydrogen-bond acceptors (Lipinski definition) is 5. The van der Waals surface area contributed by atoms with Crippen LogP contribution in [-0.2, 0) is 14.3 Å². The fraction of sp³-hybridized carbons (Fsp3) is 0.471. The summed E-state index contributed by atoms with van der Waals surface area (Å²) in [6, 6.07) is 3.57. The number of hydrogen-bond donors (Lipinski definition) is 0. The summed E-state index contributed by atoms with van der Waals surface area (Å²) in [6.07, 6.45) is 1.07. The van der Waals surface area contributed by atoms with Crippen molar-refractivity contribution in [3.63, 3.8) is 0 Å². The second kappa shape index (κ2) is 6.07. The van der Waals surface area contributed by atoms with Crippen molar-refractivity contribution in [3.05, 3.63) is 27.7 Å². The summed E-state index contributed by atoms with van der Waals surface area (Å²) in [6.45, 7) is 0. The summed E-state index contributed by atoms with van der Waals surface area (Å²) in [7, 11) is 2.85. The molecule has 5 nitrogen and oxygen atoms in total. The third-order valence-corrected chi connectivity index (χ3v) is 5.47. The van der Waals surface area contributed by atoms with Crippen LogP contribution in [0, 0.1) is 11.8 Å². The average Bonchev–Trinajstić information content (AvgIpc) is 2.82. The highest BCUT2D eigenvalue weighted by atomic mass is 79.9. The molecule has 2 aliphatic rings. The molecule has 1 aromatic rings. The molecule has 0 radical (unpaired) electrons. The van der Waals surface area contributed by atoms with Gasteiger partial charge in [-0.1, -0.05) is 15.9 Å². The Hall–Kier alpha value is -1.69. The van der Waals surface area contributed by atoms with Crippen LogP contribution in [0.5, 0.6) is 5.75 Å². The summed E-state index contributed by atoms with van der Waals surface area (Å²) in [5, 5.41) is 0. The van der Waals surface area contributed by atoms with Crippen LogP contribution in [0.1, 0.15) is 41.1 Å². The van der Waals surface area contributed by atoms with Crippen molar-refractivity contribution < 1.29 is 23.9 Å². The van der Waals surface area contributed by atoms with Crippen molar-refractivity contribution in [2.24, 2.45) is 11.8 Å². The molecule has 2 aliphatic carbocycles. The molecule has 3 rings (SSSR count). The van der Waals surface area contributed by atoms with E-state index in [9.17, 15) is 14.4 Å². The number of halogens is 1. The van der Waals surface area contributed by atoms with Crippen molar-refractivity contribution in [3.8, 4) is 5.75 Å². The molecule has 1 saturated carbocycles. The Labute approximate surface area is 142 Å². The Morgan fingerprint density at radius 1 is 1.30 bits per heavy atom. The lowest BCUT2D eigenvalue weighted by Crippen LogP contribution is -2.33. The zero-order chi connectivity index (χ0) is 16.7. The number of carbonyl (C=O) groups excluding carboxylic acids is 3. The number of methoxy groups -OCH3 is 2. The zero-order valence-electron chi connectivity index (χ0n) is 12.9. The highest BCUT2D eigenvalue weighted by Gasteiger charge is 2.50. The topological polar surface area (TPSA) is 69.7 Å². The first-order chi connectivity index (χ1) is 11.0. The minimum atomic E-state index is -0.647. The van der Waals surface area contributed by atoms with Crippen molar-refractivity contribution in [2.45, 2.75) is 25.2 Å². The predicted molar refractivity (Wildman–Crippen MR) is 85.6 cm³/mol. The van der Waals surface area contributed by atoms with Gasteiger partial charge < -0.3 is 9.47 Å². The SMILES string of the molecule is COC(=O)C[C@H]1CC(=O)[C@H]2C(=O)c3c(OC)ccc(Br)c3[C@@H]2C1. The highest BCUT2D eigenvalue weighted by Crippen LogP contribution is 2.52. The molecular weight excluding hydrogens is 364 g/mol. The summed E-state index contributed by atoms with van der Waals surface area (Å²) in [5.41, 5.74) is 1.34. The molecule has 122 valence electrons. The van der Waals surface area contributed by atoms with Crippen molar-refractivity contribution >= 4 is 33.5 Å². The van der Waals surface area contributed by atoms with E-state index < -0.39 is 5.92 Å². The normalized spacial score (nSPS) is 25.8. The molecule has 6 heteroatoms. The molecule has 0 aromatic heterocycles. The molecule has 0 aliphatic heterocycles. The second-order valence-corrected chi connectivity index (χ2v) is 6.89. The lowest BCUT2D eigenvalue weighted by molar-refractivity contribution is -0.142. The Bertz CT molecular complexity index is 696. The molecule has 1 aromatic carbocycles. The Kier molecular flexibility index (Phi) is 4.27. The number of benzene rings is 1. The maximum atomic E-state index is 12.7. The molecule has 0 amide bonds. The van der Waals surface area contributed by atoms with Crippen LogP contribution in [0.2, 0.25) is 0 Å². The highest BCUT2D eigenvalue weighted by molar-refractivity contribution is 9.10. The number of Topliss-reactive ketones (excluding diaryl/α,β-unsaturated/α-hetero) is 2. The fourth-order valence-corrected chi connectivity index (χ4v) is 4.44. The first-order valence-corrected chi connectivity index (χ1v) is 8.27. The monoisotopic (exact) mass is 380 g/mol. The number of fused-ring (bicyclic) bond motifs is 3. The van der Waals surface area contributed by atoms with E-state index in [1.807, 2.05) is 6.07 Å². The summed E-state index contributed by atoms with van der Waals surface area (Å²) in [5.74, 6) is -1.01. The van der Waals surface area contributed by atoms with E-state index in [1.165, 1.54) is 14.2 Å². The van der Waals surface area contributed by atoms with Crippen LogP contribution in [0.3, 0.4) is 0 Å². The Balaban J connectivity index is 2.00. The molecule has 3 atom stereocenters. The largest absolute Gasteiger partial charge is 0.496 e. The minimum absolute atomic E-state index is 0.0898. The van der Waals surface area contributed by atoms with Gasteiger partial charge in [-0.05, 0) is 30.0 Å². The molecule has 0 spiro atoms. The van der Waals surface area contributed by atoms with Crippen molar-refractivity contribution in [1.29, 1.82) is 0 Å². The Morgan fingerprint density at radius 2 is 2.04 bits per heavy atom. The lowest BCUT2D eigenvalue weighted by atomic mass is 9.72.